The molecule has 0 amide bonds. The first-order valence-corrected chi connectivity index (χ1v) is 7.46. The molecule has 2 bridgehead atoms. The van der Waals surface area contributed by atoms with E-state index >= 15 is 0 Å². The molecule has 2 aliphatic carbocycles. The molecule has 0 saturated heterocycles. The second kappa shape index (κ2) is 4.26. The molecule has 2 N–H and O–H groups in total. The highest BCUT2D eigenvalue weighted by Gasteiger charge is 2.52. The number of rotatable bonds is 1. The lowest BCUT2D eigenvalue weighted by Gasteiger charge is -2.36. The maximum Gasteiger partial charge on any atom is 0.343 e. The number of nitrogens with two attached hydrogens (primary N) is 1. The van der Waals surface area contributed by atoms with Crippen molar-refractivity contribution in [3.8, 4) is 11.8 Å². The molecule has 1 aromatic rings. The molecule has 0 spiro atoms. The van der Waals surface area contributed by atoms with Crippen LogP contribution in [0, 0.1) is 29.6 Å². The Bertz CT molecular complexity index is 827. The Morgan fingerprint density at radius 1 is 1.50 bits per heavy atom. The van der Waals surface area contributed by atoms with Crippen LogP contribution < -0.4 is 16.1 Å². The van der Waals surface area contributed by atoms with Gasteiger partial charge in [0.05, 0.1) is 11.1 Å². The highest BCUT2D eigenvalue weighted by molar-refractivity contribution is 5.52. The minimum absolute atomic E-state index is 0.100. The lowest BCUT2D eigenvalue weighted by atomic mass is 9.68. The van der Waals surface area contributed by atoms with Crippen LogP contribution in [0.25, 0.3) is 0 Å². The van der Waals surface area contributed by atoms with E-state index in [4.69, 9.17) is 14.9 Å². The normalized spacial score (nSPS) is 31.8. The number of hydrogen-bond acceptors (Lipinski definition) is 5. The Kier molecular flexibility index (Phi) is 2.56. The summed E-state index contributed by atoms with van der Waals surface area (Å²) in [4.78, 5) is 12.4. The number of ether oxygens (including phenoxy) is 1. The predicted octanol–water partition coefficient (Wildman–Crippen LogP) is 2.47. The highest BCUT2D eigenvalue weighted by atomic mass is 16.5. The van der Waals surface area contributed by atoms with Crippen LogP contribution in [0.1, 0.15) is 36.5 Å². The third-order valence-electron chi connectivity index (χ3n) is 5.15. The van der Waals surface area contributed by atoms with Crippen molar-refractivity contribution in [2.24, 2.45) is 17.1 Å². The second-order valence-corrected chi connectivity index (χ2v) is 6.44. The quantitative estimate of drug-likeness (QED) is 0.804. The van der Waals surface area contributed by atoms with Gasteiger partial charge >= 0.3 is 5.63 Å². The van der Waals surface area contributed by atoms with E-state index in [2.05, 4.69) is 18.2 Å². The Balaban J connectivity index is 1.98. The smallest absolute Gasteiger partial charge is 0.343 e. The van der Waals surface area contributed by atoms with Gasteiger partial charge in [0.2, 0.25) is 5.88 Å². The standard InChI is InChI=1S/C17H16N2O3/c1-9-6-12-13(16(20)21-9)14(11(8-18)15(19)22-12)17-4-2-10(7-17)3-5-17/h2,4,6,10,14H,3,5,7,19H2,1H3/t10-,14+,17-/m1/s1. The monoisotopic (exact) mass is 296 g/mol. The zero-order valence-corrected chi connectivity index (χ0v) is 12.3. The predicted molar refractivity (Wildman–Crippen MR) is 78.8 cm³/mol. The summed E-state index contributed by atoms with van der Waals surface area (Å²) in [6.07, 6.45) is 7.33. The fourth-order valence-electron chi connectivity index (χ4n) is 4.24. The first kappa shape index (κ1) is 13.2. The van der Waals surface area contributed by atoms with Crippen LogP contribution in [0.4, 0.5) is 0 Å². The summed E-state index contributed by atoms with van der Waals surface area (Å²) in [6, 6.07) is 3.83. The fraction of sp³-hybridized carbons (Fsp3) is 0.412. The maximum absolute atomic E-state index is 12.4. The van der Waals surface area contributed by atoms with Gasteiger partial charge in [-0.05, 0) is 32.1 Å². The molecule has 1 aliphatic heterocycles. The highest BCUT2D eigenvalue weighted by Crippen LogP contribution is 2.60. The number of nitriles is 1. The van der Waals surface area contributed by atoms with Gasteiger partial charge in [0.25, 0.3) is 0 Å². The number of hydrogen-bond donors (Lipinski definition) is 1. The molecule has 22 heavy (non-hydrogen) atoms. The van der Waals surface area contributed by atoms with Crippen LogP contribution in [0.5, 0.6) is 5.75 Å². The Morgan fingerprint density at radius 2 is 2.32 bits per heavy atom. The number of nitrogens with zero attached hydrogens (tertiary/aromatic N) is 1. The van der Waals surface area contributed by atoms with E-state index in [1.807, 2.05) is 0 Å². The Hall–Kier alpha value is -2.48. The molecular weight excluding hydrogens is 280 g/mol. The van der Waals surface area contributed by atoms with Gasteiger partial charge in [-0.25, -0.2) is 4.79 Å². The van der Waals surface area contributed by atoms with Crippen LogP contribution in [0.15, 0.2) is 38.9 Å². The van der Waals surface area contributed by atoms with Crippen molar-refractivity contribution in [3.05, 3.63) is 51.4 Å². The summed E-state index contributed by atoms with van der Waals surface area (Å²) >= 11 is 0. The maximum atomic E-state index is 12.4. The molecule has 3 aliphatic rings. The Morgan fingerprint density at radius 3 is 2.91 bits per heavy atom. The molecule has 1 fully saturated rings. The molecule has 112 valence electrons. The van der Waals surface area contributed by atoms with Crippen molar-refractivity contribution in [2.45, 2.75) is 32.1 Å². The number of fused-ring (bicyclic) bond motifs is 3. The van der Waals surface area contributed by atoms with Gasteiger partial charge in [0.1, 0.15) is 17.6 Å². The van der Waals surface area contributed by atoms with E-state index in [0.29, 0.717) is 28.6 Å². The lowest BCUT2D eigenvalue weighted by molar-refractivity contribution is 0.292. The Labute approximate surface area is 127 Å². The molecule has 0 radical (unpaired) electrons. The van der Waals surface area contributed by atoms with E-state index in [0.717, 1.165) is 19.3 Å². The number of aryl methyl sites for hydroxylation is 1. The summed E-state index contributed by atoms with van der Waals surface area (Å²) in [5.41, 5.74) is 6.09. The van der Waals surface area contributed by atoms with Gasteiger partial charge in [-0.2, -0.15) is 5.26 Å². The first-order chi connectivity index (χ1) is 10.5. The molecular formula is C17H16N2O3. The van der Waals surface area contributed by atoms with Crippen molar-refractivity contribution in [1.29, 1.82) is 5.26 Å². The minimum Gasteiger partial charge on any atom is -0.440 e. The largest absolute Gasteiger partial charge is 0.440 e. The topological polar surface area (TPSA) is 89.2 Å². The zero-order chi connectivity index (χ0) is 15.5. The van der Waals surface area contributed by atoms with Crippen molar-refractivity contribution in [2.75, 3.05) is 0 Å². The van der Waals surface area contributed by atoms with E-state index in [9.17, 15) is 10.1 Å². The SMILES string of the molecule is Cc1cc2c(c(=O)o1)[C@@H]([C@]13C=C[C@H](CC1)C3)C(C#N)=C(N)O2. The molecule has 5 heteroatoms. The second-order valence-electron chi connectivity index (χ2n) is 6.44. The van der Waals surface area contributed by atoms with Crippen LogP contribution in [0.3, 0.4) is 0 Å². The summed E-state index contributed by atoms with van der Waals surface area (Å²) in [5, 5.41) is 9.56. The summed E-state index contributed by atoms with van der Waals surface area (Å²) in [6.45, 7) is 1.69. The van der Waals surface area contributed by atoms with Crippen LogP contribution in [0.2, 0.25) is 0 Å². The van der Waals surface area contributed by atoms with Gasteiger partial charge < -0.3 is 14.9 Å². The lowest BCUT2D eigenvalue weighted by Crippen LogP contribution is -2.34. The molecule has 0 aromatic carbocycles. The van der Waals surface area contributed by atoms with Crippen LogP contribution in [-0.4, -0.2) is 0 Å². The van der Waals surface area contributed by atoms with Crippen LogP contribution in [-0.2, 0) is 0 Å². The summed E-state index contributed by atoms with van der Waals surface area (Å²) in [5.74, 6) is 1.16. The minimum atomic E-state index is -0.432. The first-order valence-electron chi connectivity index (χ1n) is 7.46. The molecule has 1 saturated carbocycles. The van der Waals surface area contributed by atoms with E-state index in [1.54, 1.807) is 13.0 Å². The van der Waals surface area contributed by atoms with E-state index < -0.39 is 5.63 Å². The zero-order valence-electron chi connectivity index (χ0n) is 12.3. The van der Waals surface area contributed by atoms with Crippen LogP contribution >= 0.6 is 0 Å². The average Bonchev–Trinajstić information content (AvgIpc) is 3.07. The molecule has 0 unspecified atom stereocenters. The third kappa shape index (κ3) is 1.61. The van der Waals surface area contributed by atoms with Crippen molar-refractivity contribution < 1.29 is 9.15 Å². The van der Waals surface area contributed by atoms with Crippen molar-refractivity contribution in [1.82, 2.24) is 0 Å². The molecule has 5 nitrogen and oxygen atoms in total. The average molecular weight is 296 g/mol. The van der Waals surface area contributed by atoms with Gasteiger partial charge in [0, 0.05) is 17.4 Å². The third-order valence-corrected chi connectivity index (χ3v) is 5.15. The van der Waals surface area contributed by atoms with Gasteiger partial charge in [-0.3, -0.25) is 0 Å². The fourth-order valence-corrected chi connectivity index (χ4v) is 4.24. The molecule has 1 aromatic heterocycles. The molecule has 3 atom stereocenters. The molecule has 4 rings (SSSR count). The van der Waals surface area contributed by atoms with Gasteiger partial charge in [0.15, 0.2) is 0 Å². The van der Waals surface area contributed by atoms with Gasteiger partial charge in [-0.15, -0.1) is 0 Å². The van der Waals surface area contributed by atoms with E-state index in [1.165, 1.54) is 0 Å². The van der Waals surface area contributed by atoms with E-state index in [-0.39, 0.29) is 17.2 Å². The molecule has 2 heterocycles. The summed E-state index contributed by atoms with van der Waals surface area (Å²) < 4.78 is 10.8. The van der Waals surface area contributed by atoms with Crippen molar-refractivity contribution >= 4 is 0 Å². The van der Waals surface area contributed by atoms with Gasteiger partial charge in [-0.1, -0.05) is 12.2 Å². The number of allylic oxidation sites excluding steroid dienone is 3. The summed E-state index contributed by atoms with van der Waals surface area (Å²) in [7, 11) is 0. The van der Waals surface area contributed by atoms with Crippen molar-refractivity contribution in [3.63, 3.8) is 0 Å².